The molecule has 4 nitrogen and oxygen atoms in total. The molecule has 1 saturated carbocycles. The number of hydrogen-bond donors (Lipinski definition) is 0. The zero-order chi connectivity index (χ0) is 12.4. The van der Waals surface area contributed by atoms with Gasteiger partial charge in [0.05, 0.1) is 12.0 Å². The van der Waals surface area contributed by atoms with E-state index < -0.39 is 0 Å². The van der Waals surface area contributed by atoms with Crippen LogP contribution in [0.4, 0.5) is 0 Å². The van der Waals surface area contributed by atoms with Gasteiger partial charge in [-0.2, -0.15) is 5.26 Å². The molecular weight excluding hydrogens is 232 g/mol. The van der Waals surface area contributed by atoms with Crippen LogP contribution >= 0.6 is 11.8 Å². The van der Waals surface area contributed by atoms with E-state index >= 15 is 0 Å². The number of rotatable bonds is 2. The molecule has 0 radical (unpaired) electrons. The smallest absolute Gasteiger partial charge is 0.191 e. The van der Waals surface area contributed by atoms with E-state index in [9.17, 15) is 5.26 Å². The number of aromatic nitrogens is 3. The highest BCUT2D eigenvalue weighted by Gasteiger charge is 2.30. The summed E-state index contributed by atoms with van der Waals surface area (Å²) in [6.07, 6.45) is 3.30. The third-order valence-corrected chi connectivity index (χ3v) is 4.92. The van der Waals surface area contributed by atoms with Crippen LogP contribution in [0.2, 0.25) is 0 Å². The zero-order valence-corrected chi connectivity index (χ0v) is 11.4. The van der Waals surface area contributed by atoms with Gasteiger partial charge in [-0.25, -0.2) is 0 Å². The molecule has 1 heterocycles. The lowest BCUT2D eigenvalue weighted by Crippen LogP contribution is -2.25. The minimum absolute atomic E-state index is 0.160. The quantitative estimate of drug-likeness (QED) is 0.809. The van der Waals surface area contributed by atoms with Gasteiger partial charge in [0.25, 0.3) is 0 Å². The van der Waals surface area contributed by atoms with Crippen LogP contribution in [0, 0.1) is 30.1 Å². The Morgan fingerprint density at radius 1 is 1.41 bits per heavy atom. The van der Waals surface area contributed by atoms with Gasteiger partial charge in [0.1, 0.15) is 5.82 Å². The Morgan fingerprint density at radius 2 is 2.18 bits per heavy atom. The normalized spacial score (nSPS) is 28.9. The molecule has 2 rings (SSSR count). The lowest BCUT2D eigenvalue weighted by Gasteiger charge is -2.29. The fraction of sp³-hybridized carbons (Fsp3) is 0.750. The number of hydrogen-bond acceptors (Lipinski definition) is 4. The van der Waals surface area contributed by atoms with Gasteiger partial charge in [0, 0.05) is 12.3 Å². The van der Waals surface area contributed by atoms with Crippen molar-refractivity contribution in [2.24, 2.45) is 18.9 Å². The van der Waals surface area contributed by atoms with E-state index in [1.54, 1.807) is 11.8 Å². The van der Waals surface area contributed by atoms with E-state index in [2.05, 4.69) is 23.2 Å². The fourth-order valence-electron chi connectivity index (χ4n) is 2.23. The SMILES string of the molecule is Cc1nnc(SC2CC(C)CCC2C#N)n1C. The number of aryl methyl sites for hydroxylation is 1. The third kappa shape index (κ3) is 2.63. The minimum Gasteiger partial charge on any atom is -0.309 e. The van der Waals surface area contributed by atoms with Crippen molar-refractivity contribution in [1.82, 2.24) is 14.8 Å². The van der Waals surface area contributed by atoms with Gasteiger partial charge in [-0.3, -0.25) is 0 Å². The molecule has 3 unspecified atom stereocenters. The van der Waals surface area contributed by atoms with E-state index in [0.717, 1.165) is 23.8 Å². The van der Waals surface area contributed by atoms with Crippen LogP contribution in [0.3, 0.4) is 0 Å². The topological polar surface area (TPSA) is 54.5 Å². The zero-order valence-electron chi connectivity index (χ0n) is 10.6. The van der Waals surface area contributed by atoms with E-state index in [0.29, 0.717) is 11.2 Å². The predicted octanol–water partition coefficient (Wildman–Crippen LogP) is 2.54. The van der Waals surface area contributed by atoms with Crippen LogP contribution < -0.4 is 0 Å². The summed E-state index contributed by atoms with van der Waals surface area (Å²) in [5.41, 5.74) is 0. The minimum atomic E-state index is 0.160. The summed E-state index contributed by atoms with van der Waals surface area (Å²) in [5, 5.41) is 18.7. The van der Waals surface area contributed by atoms with Gasteiger partial charge in [0.2, 0.25) is 0 Å². The predicted molar refractivity (Wildman–Crippen MR) is 67.5 cm³/mol. The second-order valence-corrected chi connectivity index (χ2v) is 6.11. The van der Waals surface area contributed by atoms with E-state index in [4.69, 9.17) is 0 Å². The third-order valence-electron chi connectivity index (χ3n) is 3.53. The highest BCUT2D eigenvalue weighted by molar-refractivity contribution is 7.99. The maximum atomic E-state index is 9.19. The Morgan fingerprint density at radius 3 is 2.76 bits per heavy atom. The molecule has 0 N–H and O–H groups in total. The van der Waals surface area contributed by atoms with Crippen molar-refractivity contribution in [3.05, 3.63) is 5.82 Å². The first-order valence-corrected chi connectivity index (χ1v) is 6.92. The number of nitrogens with zero attached hydrogens (tertiary/aromatic N) is 4. The summed E-state index contributed by atoms with van der Waals surface area (Å²) in [4.78, 5) is 0. The molecule has 1 aliphatic rings. The molecule has 5 heteroatoms. The summed E-state index contributed by atoms with van der Waals surface area (Å²) in [7, 11) is 1.98. The van der Waals surface area contributed by atoms with Crippen LogP contribution in [-0.2, 0) is 7.05 Å². The fourth-order valence-corrected chi connectivity index (χ4v) is 3.67. The van der Waals surface area contributed by atoms with Crippen molar-refractivity contribution < 1.29 is 0 Å². The standard InChI is InChI=1S/C12H18N4S/c1-8-4-5-10(7-13)11(6-8)17-12-15-14-9(2)16(12)3/h8,10-11H,4-6H2,1-3H3. The lowest BCUT2D eigenvalue weighted by atomic mass is 9.83. The largest absolute Gasteiger partial charge is 0.309 e. The van der Waals surface area contributed by atoms with Crippen LogP contribution in [0.25, 0.3) is 0 Å². The summed E-state index contributed by atoms with van der Waals surface area (Å²) in [5.74, 6) is 1.80. The number of thioether (sulfide) groups is 1. The Hall–Kier alpha value is -1.02. The lowest BCUT2D eigenvalue weighted by molar-refractivity contribution is 0.345. The van der Waals surface area contributed by atoms with Crippen molar-refractivity contribution in [3.63, 3.8) is 0 Å². The first-order chi connectivity index (χ1) is 8.11. The molecular formula is C12H18N4S. The Kier molecular flexibility index (Phi) is 3.72. The Bertz CT molecular complexity index is 434. The first kappa shape index (κ1) is 12.4. The van der Waals surface area contributed by atoms with Gasteiger partial charge < -0.3 is 4.57 Å². The molecule has 0 saturated heterocycles. The molecule has 0 spiro atoms. The monoisotopic (exact) mass is 250 g/mol. The van der Waals surface area contributed by atoms with Crippen molar-refractivity contribution in [2.75, 3.05) is 0 Å². The summed E-state index contributed by atoms with van der Waals surface area (Å²) < 4.78 is 2.00. The molecule has 1 aliphatic carbocycles. The summed E-state index contributed by atoms with van der Waals surface area (Å²) >= 11 is 1.72. The second-order valence-electron chi connectivity index (χ2n) is 4.90. The molecule has 3 atom stereocenters. The molecule has 0 aromatic carbocycles. The van der Waals surface area contributed by atoms with E-state index in [1.165, 1.54) is 6.42 Å². The maximum Gasteiger partial charge on any atom is 0.191 e. The van der Waals surface area contributed by atoms with Gasteiger partial charge >= 0.3 is 0 Å². The van der Waals surface area contributed by atoms with Crippen LogP contribution in [0.1, 0.15) is 32.0 Å². The van der Waals surface area contributed by atoms with Crippen molar-refractivity contribution in [2.45, 2.75) is 43.5 Å². The average molecular weight is 250 g/mol. The van der Waals surface area contributed by atoms with E-state index in [-0.39, 0.29) is 5.92 Å². The highest BCUT2D eigenvalue weighted by Crippen LogP contribution is 2.38. The maximum absolute atomic E-state index is 9.19. The molecule has 1 aromatic heterocycles. The van der Waals surface area contributed by atoms with Crippen molar-refractivity contribution in [3.8, 4) is 6.07 Å². The average Bonchev–Trinajstić information content (AvgIpc) is 2.61. The second kappa shape index (κ2) is 5.09. The molecule has 1 fully saturated rings. The molecule has 0 amide bonds. The molecule has 17 heavy (non-hydrogen) atoms. The highest BCUT2D eigenvalue weighted by atomic mass is 32.2. The van der Waals surface area contributed by atoms with Crippen LogP contribution in [-0.4, -0.2) is 20.0 Å². The Labute approximate surface area is 106 Å². The van der Waals surface area contributed by atoms with Gasteiger partial charge in [-0.1, -0.05) is 18.7 Å². The molecule has 0 bridgehead atoms. The molecule has 0 aliphatic heterocycles. The van der Waals surface area contributed by atoms with Crippen molar-refractivity contribution in [1.29, 1.82) is 5.26 Å². The van der Waals surface area contributed by atoms with E-state index in [1.807, 2.05) is 18.5 Å². The van der Waals surface area contributed by atoms with Gasteiger partial charge in [-0.15, -0.1) is 10.2 Å². The van der Waals surface area contributed by atoms with Crippen LogP contribution in [0.5, 0.6) is 0 Å². The molecule has 1 aromatic rings. The number of nitriles is 1. The van der Waals surface area contributed by atoms with Gasteiger partial charge in [-0.05, 0) is 32.1 Å². The van der Waals surface area contributed by atoms with Crippen molar-refractivity contribution >= 4 is 11.8 Å². The van der Waals surface area contributed by atoms with Crippen LogP contribution in [0.15, 0.2) is 5.16 Å². The summed E-state index contributed by atoms with van der Waals surface area (Å²) in [6.45, 7) is 4.21. The van der Waals surface area contributed by atoms with Gasteiger partial charge in [0.15, 0.2) is 5.16 Å². The first-order valence-electron chi connectivity index (χ1n) is 6.04. The Balaban J connectivity index is 2.11. The summed E-state index contributed by atoms with van der Waals surface area (Å²) in [6, 6.07) is 2.44. The molecule has 92 valence electrons.